The molecular formula is C17H19N3O2. The Kier molecular flexibility index (Phi) is 3.71. The van der Waals surface area contributed by atoms with E-state index in [-0.39, 0.29) is 6.10 Å². The van der Waals surface area contributed by atoms with E-state index in [1.54, 1.807) is 18.5 Å². The van der Waals surface area contributed by atoms with Gasteiger partial charge in [0.15, 0.2) is 0 Å². The van der Waals surface area contributed by atoms with Crippen molar-refractivity contribution in [2.75, 3.05) is 0 Å². The van der Waals surface area contributed by atoms with Crippen molar-refractivity contribution in [3.05, 3.63) is 42.4 Å². The lowest BCUT2D eigenvalue weighted by atomic mass is 10.1. The SMILES string of the molecule is CCc1cc(-c2cnc3c(OC(C)C)nccn23)ccc1O. The topological polar surface area (TPSA) is 59.7 Å². The van der Waals surface area contributed by atoms with Crippen molar-refractivity contribution in [3.63, 3.8) is 0 Å². The lowest BCUT2D eigenvalue weighted by Crippen LogP contribution is -2.08. The maximum absolute atomic E-state index is 9.84. The number of imidazole rings is 1. The van der Waals surface area contributed by atoms with Crippen molar-refractivity contribution in [1.82, 2.24) is 14.4 Å². The molecule has 2 heterocycles. The van der Waals surface area contributed by atoms with E-state index in [2.05, 4.69) is 9.97 Å². The number of nitrogens with zero attached hydrogens (tertiary/aromatic N) is 3. The first-order valence-electron chi connectivity index (χ1n) is 7.41. The van der Waals surface area contributed by atoms with Gasteiger partial charge in [-0.1, -0.05) is 6.92 Å². The first-order valence-corrected chi connectivity index (χ1v) is 7.41. The molecule has 0 radical (unpaired) electrons. The molecule has 0 aliphatic heterocycles. The predicted molar refractivity (Wildman–Crippen MR) is 85.2 cm³/mol. The van der Waals surface area contributed by atoms with Crippen molar-refractivity contribution < 1.29 is 9.84 Å². The predicted octanol–water partition coefficient (Wildman–Crippen LogP) is 3.45. The number of phenols is 1. The number of aromatic nitrogens is 3. The molecule has 0 aliphatic carbocycles. The Labute approximate surface area is 129 Å². The minimum absolute atomic E-state index is 0.0409. The number of rotatable bonds is 4. The summed E-state index contributed by atoms with van der Waals surface area (Å²) in [5.74, 6) is 0.851. The van der Waals surface area contributed by atoms with Crippen LogP contribution in [0.5, 0.6) is 11.6 Å². The fourth-order valence-corrected chi connectivity index (χ4v) is 2.44. The fraction of sp³-hybridized carbons (Fsp3) is 0.294. The number of benzene rings is 1. The number of aromatic hydroxyl groups is 1. The van der Waals surface area contributed by atoms with Gasteiger partial charge in [0.1, 0.15) is 5.75 Å². The molecule has 0 spiro atoms. The van der Waals surface area contributed by atoms with Crippen molar-refractivity contribution in [2.45, 2.75) is 33.3 Å². The molecule has 3 rings (SSSR count). The second kappa shape index (κ2) is 5.67. The Morgan fingerprint density at radius 1 is 1.27 bits per heavy atom. The first kappa shape index (κ1) is 14.4. The normalized spacial score (nSPS) is 11.3. The molecular weight excluding hydrogens is 278 g/mol. The van der Waals surface area contributed by atoms with Crippen LogP contribution in [0.3, 0.4) is 0 Å². The van der Waals surface area contributed by atoms with E-state index in [9.17, 15) is 5.11 Å². The summed E-state index contributed by atoms with van der Waals surface area (Å²) in [6.07, 6.45) is 6.19. The van der Waals surface area contributed by atoms with Gasteiger partial charge in [0.2, 0.25) is 5.65 Å². The maximum atomic E-state index is 9.84. The third-order valence-corrected chi connectivity index (χ3v) is 3.50. The lowest BCUT2D eigenvalue weighted by Gasteiger charge is -2.10. The molecule has 0 unspecified atom stereocenters. The molecule has 3 aromatic rings. The molecule has 0 atom stereocenters. The van der Waals surface area contributed by atoms with Gasteiger partial charge in [0.25, 0.3) is 5.88 Å². The van der Waals surface area contributed by atoms with Crippen LogP contribution in [0.2, 0.25) is 0 Å². The van der Waals surface area contributed by atoms with Gasteiger partial charge in [-0.2, -0.15) is 0 Å². The number of phenolic OH excluding ortho intramolecular Hbond substituents is 1. The zero-order valence-corrected chi connectivity index (χ0v) is 12.9. The highest BCUT2D eigenvalue weighted by molar-refractivity contribution is 5.67. The molecule has 2 aromatic heterocycles. The van der Waals surface area contributed by atoms with Crippen LogP contribution < -0.4 is 4.74 Å². The Balaban J connectivity index is 2.12. The van der Waals surface area contributed by atoms with E-state index in [4.69, 9.17) is 4.74 Å². The summed E-state index contributed by atoms with van der Waals surface area (Å²) in [4.78, 5) is 8.70. The molecule has 0 saturated heterocycles. The Hall–Kier alpha value is -2.56. The fourth-order valence-electron chi connectivity index (χ4n) is 2.44. The third kappa shape index (κ3) is 2.50. The summed E-state index contributed by atoms with van der Waals surface area (Å²) in [5.41, 5.74) is 3.56. The van der Waals surface area contributed by atoms with Crippen molar-refractivity contribution in [1.29, 1.82) is 0 Å². The standard InChI is InChI=1S/C17H19N3O2/c1-4-12-9-13(5-6-15(12)21)14-10-19-16-17(22-11(2)3)18-7-8-20(14)16/h5-11,21H,4H2,1-3H3. The number of hydrogen-bond donors (Lipinski definition) is 1. The maximum Gasteiger partial charge on any atom is 0.258 e. The van der Waals surface area contributed by atoms with Gasteiger partial charge < -0.3 is 9.84 Å². The van der Waals surface area contributed by atoms with Gasteiger partial charge in [0.05, 0.1) is 18.0 Å². The first-order chi connectivity index (χ1) is 10.6. The van der Waals surface area contributed by atoms with Crippen LogP contribution in [-0.2, 0) is 6.42 Å². The van der Waals surface area contributed by atoms with E-state index in [0.29, 0.717) is 17.3 Å². The molecule has 1 aromatic carbocycles. The number of hydrogen-bond acceptors (Lipinski definition) is 4. The van der Waals surface area contributed by atoms with Gasteiger partial charge in [-0.25, -0.2) is 9.97 Å². The molecule has 22 heavy (non-hydrogen) atoms. The van der Waals surface area contributed by atoms with E-state index >= 15 is 0 Å². The van der Waals surface area contributed by atoms with E-state index in [1.165, 1.54) is 0 Å². The highest BCUT2D eigenvalue weighted by atomic mass is 16.5. The molecule has 5 heteroatoms. The number of ether oxygens (including phenoxy) is 1. The molecule has 0 bridgehead atoms. The van der Waals surface area contributed by atoms with Gasteiger partial charge in [0, 0.05) is 18.0 Å². The zero-order valence-electron chi connectivity index (χ0n) is 12.9. The minimum atomic E-state index is 0.0409. The van der Waals surface area contributed by atoms with E-state index < -0.39 is 0 Å². The van der Waals surface area contributed by atoms with Gasteiger partial charge in [-0.3, -0.25) is 4.40 Å². The monoisotopic (exact) mass is 297 g/mol. The smallest absolute Gasteiger partial charge is 0.258 e. The van der Waals surface area contributed by atoms with Crippen LogP contribution in [0.4, 0.5) is 0 Å². The molecule has 1 N–H and O–H groups in total. The van der Waals surface area contributed by atoms with Crippen LogP contribution in [0.15, 0.2) is 36.8 Å². The van der Waals surface area contributed by atoms with E-state index in [1.807, 2.05) is 43.5 Å². The summed E-state index contributed by atoms with van der Waals surface area (Å²) >= 11 is 0. The van der Waals surface area contributed by atoms with Crippen LogP contribution >= 0.6 is 0 Å². The molecule has 5 nitrogen and oxygen atoms in total. The number of fused-ring (bicyclic) bond motifs is 1. The lowest BCUT2D eigenvalue weighted by molar-refractivity contribution is 0.234. The number of aryl methyl sites for hydroxylation is 1. The van der Waals surface area contributed by atoms with Crippen LogP contribution in [0.25, 0.3) is 16.9 Å². The zero-order chi connectivity index (χ0) is 15.7. The molecule has 0 aliphatic rings. The summed E-state index contributed by atoms with van der Waals surface area (Å²) < 4.78 is 7.66. The summed E-state index contributed by atoms with van der Waals surface area (Å²) in [5, 5.41) is 9.84. The Bertz CT molecular complexity index is 809. The van der Waals surface area contributed by atoms with Crippen LogP contribution in [0, 0.1) is 0 Å². The van der Waals surface area contributed by atoms with Crippen molar-refractivity contribution >= 4 is 5.65 Å². The molecule has 114 valence electrons. The molecule has 0 fully saturated rings. The van der Waals surface area contributed by atoms with Crippen molar-refractivity contribution in [2.24, 2.45) is 0 Å². The van der Waals surface area contributed by atoms with Crippen molar-refractivity contribution in [3.8, 4) is 22.9 Å². The second-order valence-electron chi connectivity index (χ2n) is 5.43. The quantitative estimate of drug-likeness (QED) is 0.801. The van der Waals surface area contributed by atoms with Gasteiger partial charge in [-0.05, 0) is 44.0 Å². The Morgan fingerprint density at radius 3 is 2.82 bits per heavy atom. The minimum Gasteiger partial charge on any atom is -0.508 e. The van der Waals surface area contributed by atoms with E-state index in [0.717, 1.165) is 23.2 Å². The van der Waals surface area contributed by atoms with Gasteiger partial charge in [-0.15, -0.1) is 0 Å². The highest BCUT2D eigenvalue weighted by Gasteiger charge is 2.13. The summed E-state index contributed by atoms with van der Waals surface area (Å²) in [6.45, 7) is 5.94. The van der Waals surface area contributed by atoms with Gasteiger partial charge >= 0.3 is 0 Å². The third-order valence-electron chi connectivity index (χ3n) is 3.50. The summed E-state index contributed by atoms with van der Waals surface area (Å²) in [7, 11) is 0. The van der Waals surface area contributed by atoms with Crippen LogP contribution in [0.1, 0.15) is 26.3 Å². The average molecular weight is 297 g/mol. The van der Waals surface area contributed by atoms with Crippen LogP contribution in [-0.4, -0.2) is 25.6 Å². The highest BCUT2D eigenvalue weighted by Crippen LogP contribution is 2.28. The average Bonchev–Trinajstić information content (AvgIpc) is 2.92. The Morgan fingerprint density at radius 2 is 2.09 bits per heavy atom. The molecule has 0 saturated carbocycles. The molecule has 0 amide bonds. The second-order valence-corrected chi connectivity index (χ2v) is 5.43. The largest absolute Gasteiger partial charge is 0.508 e. The summed E-state index contributed by atoms with van der Waals surface area (Å²) in [6, 6.07) is 5.60.